The van der Waals surface area contributed by atoms with Crippen LogP contribution in [0.25, 0.3) is 6.08 Å². The number of anilines is 1. The first-order chi connectivity index (χ1) is 12.4. The summed E-state index contributed by atoms with van der Waals surface area (Å²) >= 11 is 11.1. The fourth-order valence-corrected chi connectivity index (χ4v) is 2.92. The Morgan fingerprint density at radius 1 is 1.23 bits per heavy atom. The van der Waals surface area contributed by atoms with E-state index in [1.165, 1.54) is 30.2 Å². The lowest BCUT2D eigenvalue weighted by Crippen LogP contribution is -2.54. The van der Waals surface area contributed by atoms with Gasteiger partial charge in [-0.05, 0) is 54.2 Å². The molecule has 6 nitrogen and oxygen atoms in total. The van der Waals surface area contributed by atoms with Crippen LogP contribution in [0.4, 0.5) is 5.69 Å². The number of methoxy groups -OCH3 is 1. The van der Waals surface area contributed by atoms with Gasteiger partial charge in [0.1, 0.15) is 5.57 Å². The fraction of sp³-hybridized carbons (Fsp3) is 0.0556. The van der Waals surface area contributed by atoms with Crippen molar-refractivity contribution in [1.29, 1.82) is 0 Å². The van der Waals surface area contributed by atoms with E-state index in [1.54, 1.807) is 30.3 Å². The third-order valence-corrected chi connectivity index (χ3v) is 4.20. The van der Waals surface area contributed by atoms with Gasteiger partial charge in [0.05, 0.1) is 12.8 Å². The van der Waals surface area contributed by atoms with Crippen LogP contribution in [-0.4, -0.2) is 29.1 Å². The maximum atomic E-state index is 12.9. The summed E-state index contributed by atoms with van der Waals surface area (Å²) in [7, 11) is 1.41. The number of phenolic OH excluding ortho intramolecular Hbond substituents is 1. The Hall–Kier alpha value is -2.90. The predicted octanol–water partition coefficient (Wildman–Crippen LogP) is 2.89. The van der Waals surface area contributed by atoms with E-state index in [9.17, 15) is 14.7 Å². The lowest BCUT2D eigenvalue weighted by Gasteiger charge is -2.29. The molecule has 0 aliphatic carbocycles. The minimum atomic E-state index is -0.606. The second-order valence-electron chi connectivity index (χ2n) is 5.37. The Morgan fingerprint density at radius 2 is 2.00 bits per heavy atom. The van der Waals surface area contributed by atoms with Crippen molar-refractivity contribution >= 4 is 52.5 Å². The molecule has 2 N–H and O–H groups in total. The predicted molar refractivity (Wildman–Crippen MR) is 102 cm³/mol. The van der Waals surface area contributed by atoms with E-state index in [2.05, 4.69) is 5.32 Å². The van der Waals surface area contributed by atoms with E-state index in [4.69, 9.17) is 28.6 Å². The molecule has 3 rings (SSSR count). The summed E-state index contributed by atoms with van der Waals surface area (Å²) in [6.45, 7) is 0. The van der Waals surface area contributed by atoms with Crippen molar-refractivity contribution in [3.05, 3.63) is 58.6 Å². The Balaban J connectivity index is 2.03. The highest BCUT2D eigenvalue weighted by molar-refractivity contribution is 7.80. The number of carbonyl (C=O) groups excluding carboxylic acids is 2. The van der Waals surface area contributed by atoms with Crippen molar-refractivity contribution in [2.45, 2.75) is 0 Å². The monoisotopic (exact) mass is 388 g/mol. The summed E-state index contributed by atoms with van der Waals surface area (Å²) in [5.41, 5.74) is 0.852. The highest BCUT2D eigenvalue weighted by Gasteiger charge is 2.34. The molecule has 2 amide bonds. The third kappa shape index (κ3) is 3.40. The number of nitrogens with one attached hydrogen (secondary N) is 1. The molecule has 1 heterocycles. The molecule has 1 fully saturated rings. The molecule has 0 aromatic heterocycles. The number of benzene rings is 2. The second-order valence-corrected chi connectivity index (χ2v) is 6.19. The first-order valence-corrected chi connectivity index (χ1v) is 8.23. The van der Waals surface area contributed by atoms with Crippen LogP contribution in [-0.2, 0) is 9.59 Å². The molecule has 1 saturated heterocycles. The molecule has 26 heavy (non-hydrogen) atoms. The molecule has 0 unspecified atom stereocenters. The van der Waals surface area contributed by atoms with Crippen LogP contribution in [0.15, 0.2) is 48.0 Å². The highest BCUT2D eigenvalue weighted by Crippen LogP contribution is 2.29. The number of phenols is 1. The molecule has 1 aliphatic heterocycles. The molecule has 0 bridgehead atoms. The van der Waals surface area contributed by atoms with Gasteiger partial charge in [0.2, 0.25) is 0 Å². The summed E-state index contributed by atoms with van der Waals surface area (Å²) in [6.07, 6.45) is 1.40. The van der Waals surface area contributed by atoms with Gasteiger partial charge < -0.3 is 9.84 Å². The summed E-state index contributed by atoms with van der Waals surface area (Å²) in [5.74, 6) is -1.00. The van der Waals surface area contributed by atoms with Crippen LogP contribution in [0, 0.1) is 0 Å². The number of hydrogen-bond acceptors (Lipinski definition) is 5. The molecule has 2 aromatic rings. The minimum absolute atomic E-state index is 0.0253. The van der Waals surface area contributed by atoms with Gasteiger partial charge in [-0.2, -0.15) is 0 Å². The van der Waals surface area contributed by atoms with Gasteiger partial charge in [-0.1, -0.05) is 23.7 Å². The summed E-state index contributed by atoms with van der Waals surface area (Å²) in [5, 5.41) is 12.6. The third-order valence-electron chi connectivity index (χ3n) is 3.68. The van der Waals surface area contributed by atoms with E-state index in [0.717, 1.165) is 0 Å². The average molecular weight is 389 g/mol. The molecular formula is C18H13ClN2O4S. The Kier molecular flexibility index (Phi) is 4.92. The molecule has 0 atom stereocenters. The number of amides is 2. The van der Waals surface area contributed by atoms with Crippen LogP contribution >= 0.6 is 23.8 Å². The fourth-order valence-electron chi connectivity index (χ4n) is 2.46. The van der Waals surface area contributed by atoms with Crippen LogP contribution in [0.3, 0.4) is 0 Å². The van der Waals surface area contributed by atoms with Gasteiger partial charge in [0.15, 0.2) is 16.6 Å². The number of hydrogen-bond donors (Lipinski definition) is 2. The lowest BCUT2D eigenvalue weighted by atomic mass is 10.1. The zero-order chi connectivity index (χ0) is 18.8. The molecule has 2 aromatic carbocycles. The van der Waals surface area contributed by atoms with Gasteiger partial charge in [-0.3, -0.25) is 19.8 Å². The maximum absolute atomic E-state index is 12.9. The standard InChI is InChI=1S/C18H13ClN2O4S/c1-25-15-8-10(5-6-14(15)22)7-13-16(23)20-18(26)21(17(13)24)12-4-2-3-11(19)9-12/h2-9,22H,1H3,(H,20,23,26)/b13-7+. The quantitative estimate of drug-likeness (QED) is 0.480. The lowest BCUT2D eigenvalue weighted by molar-refractivity contribution is -0.122. The van der Waals surface area contributed by atoms with E-state index in [0.29, 0.717) is 16.3 Å². The van der Waals surface area contributed by atoms with E-state index in [-0.39, 0.29) is 22.2 Å². The zero-order valence-corrected chi connectivity index (χ0v) is 15.1. The van der Waals surface area contributed by atoms with Crippen molar-refractivity contribution < 1.29 is 19.4 Å². The average Bonchev–Trinajstić information content (AvgIpc) is 2.60. The summed E-state index contributed by atoms with van der Waals surface area (Å²) in [6, 6.07) is 11.1. The molecule has 1 aliphatic rings. The van der Waals surface area contributed by atoms with Crippen molar-refractivity contribution in [2.75, 3.05) is 12.0 Å². The number of carbonyl (C=O) groups is 2. The first-order valence-electron chi connectivity index (χ1n) is 7.44. The van der Waals surface area contributed by atoms with Crippen molar-refractivity contribution in [2.24, 2.45) is 0 Å². The van der Waals surface area contributed by atoms with Gasteiger partial charge in [-0.25, -0.2) is 0 Å². The smallest absolute Gasteiger partial charge is 0.270 e. The second kappa shape index (κ2) is 7.15. The first kappa shape index (κ1) is 17.9. The summed E-state index contributed by atoms with van der Waals surface area (Å²) in [4.78, 5) is 26.3. The van der Waals surface area contributed by atoms with Crippen molar-refractivity contribution in [3.8, 4) is 11.5 Å². The topological polar surface area (TPSA) is 78.9 Å². The van der Waals surface area contributed by atoms with Gasteiger partial charge in [0, 0.05) is 5.02 Å². The van der Waals surface area contributed by atoms with Crippen LogP contribution < -0.4 is 15.0 Å². The number of nitrogens with zero attached hydrogens (tertiary/aromatic N) is 1. The molecule has 0 spiro atoms. The van der Waals surface area contributed by atoms with Gasteiger partial charge in [-0.15, -0.1) is 0 Å². The number of rotatable bonds is 3. The number of ether oxygens (including phenoxy) is 1. The molecule has 132 valence electrons. The van der Waals surface area contributed by atoms with E-state index in [1.807, 2.05) is 0 Å². The highest BCUT2D eigenvalue weighted by atomic mass is 35.5. The maximum Gasteiger partial charge on any atom is 0.270 e. The number of halogens is 1. The van der Waals surface area contributed by atoms with Crippen LogP contribution in [0.5, 0.6) is 11.5 Å². The number of thiocarbonyl (C=S) groups is 1. The largest absolute Gasteiger partial charge is 0.504 e. The zero-order valence-electron chi connectivity index (χ0n) is 13.5. The van der Waals surface area contributed by atoms with E-state index >= 15 is 0 Å². The Morgan fingerprint density at radius 3 is 2.69 bits per heavy atom. The summed E-state index contributed by atoms with van der Waals surface area (Å²) < 4.78 is 5.04. The van der Waals surface area contributed by atoms with Gasteiger partial charge in [0.25, 0.3) is 11.8 Å². The number of aromatic hydroxyl groups is 1. The Bertz CT molecular complexity index is 958. The van der Waals surface area contributed by atoms with E-state index < -0.39 is 11.8 Å². The molecule has 0 saturated carbocycles. The molecule has 8 heteroatoms. The molecule has 0 radical (unpaired) electrons. The van der Waals surface area contributed by atoms with Crippen LogP contribution in [0.2, 0.25) is 5.02 Å². The van der Waals surface area contributed by atoms with Crippen LogP contribution in [0.1, 0.15) is 5.56 Å². The normalized spacial score (nSPS) is 16.0. The molecular weight excluding hydrogens is 376 g/mol. The van der Waals surface area contributed by atoms with Crippen molar-refractivity contribution in [3.63, 3.8) is 0 Å². The van der Waals surface area contributed by atoms with Gasteiger partial charge >= 0.3 is 0 Å². The Labute approximate surface area is 159 Å². The minimum Gasteiger partial charge on any atom is -0.504 e. The SMILES string of the molecule is COc1cc(/C=C2\C(=O)NC(=S)N(c3cccc(Cl)c3)C2=O)ccc1O. The van der Waals surface area contributed by atoms with Crippen molar-refractivity contribution in [1.82, 2.24) is 5.32 Å².